The molecule has 0 amide bonds. The number of benzene rings is 4. The van der Waals surface area contributed by atoms with Crippen molar-refractivity contribution < 1.29 is 4.57 Å². The molecule has 38 heavy (non-hydrogen) atoms. The molecule has 0 bridgehead atoms. The van der Waals surface area contributed by atoms with Gasteiger partial charge in [-0.15, -0.1) is 0 Å². The number of aromatic nitrogens is 2. The number of fused-ring (bicyclic) bond motifs is 1. The average Bonchev–Trinajstić information content (AvgIpc) is 3.40. The molecule has 0 aliphatic carbocycles. The van der Waals surface area contributed by atoms with Crippen LogP contribution in [0.15, 0.2) is 121 Å². The second-order valence-electron chi connectivity index (χ2n) is 10.0. The molecule has 0 atom stereocenters. The van der Waals surface area contributed by atoms with Crippen LogP contribution in [0.5, 0.6) is 0 Å². The Kier molecular flexibility index (Phi) is 7.32. The lowest BCUT2D eigenvalue weighted by Crippen LogP contribution is -2.30. The first-order chi connectivity index (χ1) is 18.7. The molecule has 0 N–H and O–H groups in total. The van der Waals surface area contributed by atoms with Gasteiger partial charge in [-0.3, -0.25) is 4.98 Å². The van der Waals surface area contributed by atoms with Crippen LogP contribution >= 0.6 is 0 Å². The quantitative estimate of drug-likeness (QED) is 0.177. The maximum Gasteiger partial charge on any atom is 0.215 e. The average molecular weight is 507 g/mol. The number of aryl methyl sites for hydroxylation is 3. The Bertz CT molecular complexity index is 1650. The lowest BCUT2D eigenvalue weighted by molar-refractivity contribution is -0.664. The van der Waals surface area contributed by atoms with Crippen LogP contribution in [0.4, 0.5) is 0 Å². The molecule has 0 fully saturated rings. The van der Waals surface area contributed by atoms with Gasteiger partial charge in [0.05, 0.1) is 5.52 Å². The van der Waals surface area contributed by atoms with E-state index in [0.29, 0.717) is 15.2 Å². The number of rotatable bonds is 5. The van der Waals surface area contributed by atoms with E-state index in [2.05, 4.69) is 133 Å². The second kappa shape index (κ2) is 11.3. The molecule has 2 nitrogen and oxygen atoms in total. The van der Waals surface area contributed by atoms with Crippen molar-refractivity contribution in [2.24, 2.45) is 0 Å². The highest BCUT2D eigenvalue weighted by Crippen LogP contribution is 2.21. The van der Waals surface area contributed by atoms with E-state index >= 15 is 0 Å². The van der Waals surface area contributed by atoms with E-state index in [1.54, 1.807) is 0 Å². The van der Waals surface area contributed by atoms with Crippen molar-refractivity contribution in [3.05, 3.63) is 144 Å². The highest BCUT2D eigenvalue weighted by Gasteiger charge is 2.19. The van der Waals surface area contributed by atoms with Crippen LogP contribution in [0, 0.1) is 6.92 Å². The Balaban J connectivity index is 0.000000182. The lowest BCUT2D eigenvalue weighted by atomic mass is 10.0. The third kappa shape index (κ3) is 5.41. The van der Waals surface area contributed by atoms with Crippen LogP contribution in [0.25, 0.3) is 32.9 Å². The Morgan fingerprint density at radius 2 is 1.45 bits per heavy atom. The molecule has 183 valence electrons. The number of pyridine rings is 2. The van der Waals surface area contributed by atoms with E-state index in [1.807, 2.05) is 0 Å². The van der Waals surface area contributed by atoms with Crippen molar-refractivity contribution >= 4 is 37.0 Å². The van der Waals surface area contributed by atoms with Crippen molar-refractivity contribution in [2.75, 3.05) is 0 Å². The molecular weight excluding hydrogens is 475 g/mol. The Morgan fingerprint density at radius 1 is 0.684 bits per heavy atom. The largest absolute Gasteiger partial charge is 0.253 e. The summed E-state index contributed by atoms with van der Waals surface area (Å²) in [4.78, 5) is 4.76. The molecule has 4 aromatic carbocycles. The molecule has 0 spiro atoms. The molecule has 0 unspecified atom stereocenters. The van der Waals surface area contributed by atoms with E-state index in [0.717, 1.165) is 17.5 Å². The maximum absolute atomic E-state index is 4.76. The Labute approximate surface area is 231 Å². The number of nitrogens with zero attached hydrogens (tertiary/aromatic N) is 2. The van der Waals surface area contributed by atoms with Gasteiger partial charge in [-0.05, 0) is 41.8 Å². The normalized spacial score (nSPS) is 11.8. The van der Waals surface area contributed by atoms with E-state index in [1.165, 1.54) is 61.3 Å². The zero-order valence-corrected chi connectivity index (χ0v) is 23.0. The highest BCUT2D eigenvalue weighted by atomic mass is 27.1. The monoisotopic (exact) mass is 506 g/mol. The molecular formula is C35H31AlN2+. The minimum Gasteiger partial charge on any atom is -0.253 e. The molecule has 0 saturated carbocycles. The first-order valence-corrected chi connectivity index (χ1v) is 15.1. The summed E-state index contributed by atoms with van der Waals surface area (Å²) in [7, 11) is 0. The van der Waals surface area contributed by atoms with E-state index in [-0.39, 0.29) is 0 Å². The Hall–Kier alpha value is -3.77. The molecule has 0 saturated heterocycles. The highest BCUT2D eigenvalue weighted by molar-refractivity contribution is 6.34. The first kappa shape index (κ1) is 24.6. The maximum atomic E-state index is 4.76. The topological polar surface area (TPSA) is 16.8 Å². The van der Waals surface area contributed by atoms with Crippen LogP contribution in [0.3, 0.4) is 0 Å². The van der Waals surface area contributed by atoms with Crippen LogP contribution in [-0.4, -0.2) is 20.2 Å². The number of para-hydroxylation sites is 2. The third-order valence-corrected chi connectivity index (χ3v) is 8.84. The molecule has 6 aromatic rings. The van der Waals surface area contributed by atoms with Gasteiger partial charge in [0.2, 0.25) is 20.7 Å². The summed E-state index contributed by atoms with van der Waals surface area (Å²) in [5.74, 6) is 0. The SMILES string of the molecule is Cc1ccc2cccc([CH2][Al][CH2]c3ccc(-c4ccccc4)cc3)c2n1.c1cc2c3c(c1)ccc[n+]3CC2. The summed E-state index contributed by atoms with van der Waals surface area (Å²) < 4.78 is 2.34. The smallest absolute Gasteiger partial charge is 0.215 e. The molecule has 1 aliphatic rings. The van der Waals surface area contributed by atoms with Gasteiger partial charge in [0.25, 0.3) is 0 Å². The van der Waals surface area contributed by atoms with Crippen LogP contribution < -0.4 is 4.57 Å². The van der Waals surface area contributed by atoms with E-state index in [9.17, 15) is 0 Å². The van der Waals surface area contributed by atoms with Gasteiger partial charge in [-0.1, -0.05) is 107 Å². The van der Waals surface area contributed by atoms with Gasteiger partial charge in [-0.2, -0.15) is 4.57 Å². The predicted molar refractivity (Wildman–Crippen MR) is 159 cm³/mol. The zero-order valence-electron chi connectivity index (χ0n) is 21.8. The number of hydrogen-bond acceptors (Lipinski definition) is 1. The molecule has 3 heterocycles. The standard InChI is InChI=1S/C13H11.2C11H10N.Al/c1-11-7-9-13(10-8-11)12-5-3-2-4-6-12;1-3-9-5-2-7-12-8-6-10(4-1)11(9)12;1-8-4-3-5-10-7-6-9(2)12-11(8)10;/h2-10H,1H2;1-5,7H,6,8H2;3-7H,1H2,2H3;/q;+1;;. The summed E-state index contributed by atoms with van der Waals surface area (Å²) in [6.45, 7) is 3.22. The third-order valence-electron chi connectivity index (χ3n) is 7.35. The van der Waals surface area contributed by atoms with Gasteiger partial charge in [0.1, 0.15) is 0 Å². The van der Waals surface area contributed by atoms with Crippen molar-refractivity contribution in [2.45, 2.75) is 30.5 Å². The summed E-state index contributed by atoms with van der Waals surface area (Å²) in [5.41, 5.74) is 10.6. The predicted octanol–water partition coefficient (Wildman–Crippen LogP) is 7.30. The van der Waals surface area contributed by atoms with Crippen molar-refractivity contribution in [1.29, 1.82) is 0 Å². The molecule has 1 radical (unpaired) electrons. The van der Waals surface area contributed by atoms with Crippen molar-refractivity contribution in [3.8, 4) is 11.1 Å². The fraction of sp³-hybridized carbons (Fsp3) is 0.143. The van der Waals surface area contributed by atoms with Gasteiger partial charge < -0.3 is 0 Å². The van der Waals surface area contributed by atoms with Gasteiger partial charge in [0.15, 0.2) is 12.7 Å². The molecule has 7 rings (SSSR count). The molecule has 3 heteroatoms. The fourth-order valence-corrected chi connectivity index (χ4v) is 6.77. The van der Waals surface area contributed by atoms with Crippen molar-refractivity contribution in [3.63, 3.8) is 0 Å². The van der Waals surface area contributed by atoms with Crippen LogP contribution in [-0.2, 0) is 23.5 Å². The minimum absolute atomic E-state index is 0.335. The summed E-state index contributed by atoms with van der Waals surface area (Å²) in [5, 5.41) is 4.94. The van der Waals surface area contributed by atoms with E-state index in [4.69, 9.17) is 4.98 Å². The van der Waals surface area contributed by atoms with Crippen LogP contribution in [0.2, 0.25) is 0 Å². The fourth-order valence-electron chi connectivity index (χ4n) is 5.38. The molecule has 2 aromatic heterocycles. The minimum atomic E-state index is 0.335. The van der Waals surface area contributed by atoms with E-state index < -0.39 is 0 Å². The summed E-state index contributed by atoms with van der Waals surface area (Å²) >= 11 is 0.335. The number of hydrogen-bond donors (Lipinski definition) is 0. The van der Waals surface area contributed by atoms with Gasteiger partial charge >= 0.3 is 0 Å². The van der Waals surface area contributed by atoms with Gasteiger partial charge in [0, 0.05) is 34.5 Å². The van der Waals surface area contributed by atoms with Crippen molar-refractivity contribution in [1.82, 2.24) is 4.98 Å². The summed E-state index contributed by atoms with van der Waals surface area (Å²) in [6.07, 6.45) is 3.36. The van der Waals surface area contributed by atoms with Gasteiger partial charge in [-0.25, -0.2) is 0 Å². The van der Waals surface area contributed by atoms with Crippen LogP contribution in [0.1, 0.15) is 22.4 Å². The zero-order chi connectivity index (χ0) is 25.7. The molecule has 1 aliphatic heterocycles. The Morgan fingerprint density at radius 3 is 2.32 bits per heavy atom. The lowest BCUT2D eigenvalue weighted by Gasteiger charge is -2.07. The second-order valence-corrected chi connectivity index (χ2v) is 11.4. The summed E-state index contributed by atoms with van der Waals surface area (Å²) in [6, 6.07) is 41.3. The first-order valence-electron chi connectivity index (χ1n) is 13.5.